The number of nitrogens with zero attached hydrogens (tertiary/aromatic N) is 4. The van der Waals surface area contributed by atoms with Crippen LogP contribution in [0.4, 0.5) is 5.69 Å². The van der Waals surface area contributed by atoms with E-state index in [-0.39, 0.29) is 12.1 Å². The molecule has 3 atom stereocenters. The van der Waals surface area contributed by atoms with Gasteiger partial charge in [0.15, 0.2) is 5.17 Å². The van der Waals surface area contributed by atoms with Crippen LogP contribution < -0.4 is 14.4 Å². The fourth-order valence-electron chi connectivity index (χ4n) is 4.97. The summed E-state index contributed by atoms with van der Waals surface area (Å²) in [4.78, 5) is 14.6. The highest BCUT2D eigenvalue weighted by molar-refractivity contribution is 8.14. The Balaban J connectivity index is 1.59. The van der Waals surface area contributed by atoms with Crippen LogP contribution in [0.1, 0.15) is 49.5 Å². The summed E-state index contributed by atoms with van der Waals surface area (Å²) in [5.41, 5.74) is 3.23. The van der Waals surface area contributed by atoms with Gasteiger partial charge in [-0.05, 0) is 37.5 Å². The standard InChI is InChI=1S/C24H30N4O2S/c1-16-15-28-23(22(26-24(28)31-16)18-9-5-6-10-25-18)17-13-21(30-3)19(14-20(17)29-2)27-11-7-4-8-12-27/h5-6,9-10,13-14,16,22-23H,4,7-8,11-12,15H2,1-3H3/t16-,22-,23-/m0/s1. The second-order valence-electron chi connectivity index (χ2n) is 8.45. The van der Waals surface area contributed by atoms with Crippen LogP contribution >= 0.6 is 11.8 Å². The maximum Gasteiger partial charge on any atom is 0.160 e. The van der Waals surface area contributed by atoms with Crippen molar-refractivity contribution in [2.75, 3.05) is 38.8 Å². The number of fused-ring (bicyclic) bond motifs is 1. The second-order valence-corrected chi connectivity index (χ2v) is 9.86. The zero-order valence-electron chi connectivity index (χ0n) is 18.5. The van der Waals surface area contributed by atoms with Crippen molar-refractivity contribution in [3.05, 3.63) is 47.8 Å². The number of anilines is 1. The number of aromatic nitrogens is 1. The first-order valence-corrected chi connectivity index (χ1v) is 12.0. The van der Waals surface area contributed by atoms with E-state index in [9.17, 15) is 0 Å². The van der Waals surface area contributed by atoms with Gasteiger partial charge >= 0.3 is 0 Å². The first-order valence-electron chi connectivity index (χ1n) is 11.1. The third-order valence-electron chi connectivity index (χ3n) is 6.43. The molecule has 5 rings (SSSR count). The van der Waals surface area contributed by atoms with E-state index < -0.39 is 0 Å². The Kier molecular flexibility index (Phi) is 5.69. The van der Waals surface area contributed by atoms with E-state index in [1.807, 2.05) is 30.1 Å². The van der Waals surface area contributed by atoms with Crippen LogP contribution in [0, 0.1) is 0 Å². The highest BCUT2D eigenvalue weighted by Crippen LogP contribution is 2.51. The quantitative estimate of drug-likeness (QED) is 0.676. The normalized spacial score (nSPS) is 25.4. The molecule has 0 amide bonds. The van der Waals surface area contributed by atoms with Gasteiger partial charge in [0.1, 0.15) is 17.5 Å². The van der Waals surface area contributed by atoms with Gasteiger partial charge in [0.25, 0.3) is 0 Å². The average molecular weight is 439 g/mol. The Morgan fingerprint density at radius 2 is 1.84 bits per heavy atom. The van der Waals surface area contributed by atoms with Crippen molar-refractivity contribution in [2.24, 2.45) is 4.99 Å². The molecule has 2 aromatic rings. The highest BCUT2D eigenvalue weighted by Gasteiger charge is 2.45. The molecule has 0 bridgehead atoms. The van der Waals surface area contributed by atoms with E-state index in [1.54, 1.807) is 14.2 Å². The van der Waals surface area contributed by atoms with Crippen molar-refractivity contribution < 1.29 is 9.47 Å². The molecule has 2 saturated heterocycles. The predicted octanol–water partition coefficient (Wildman–Crippen LogP) is 4.68. The molecule has 1 aromatic carbocycles. The van der Waals surface area contributed by atoms with E-state index in [0.29, 0.717) is 5.25 Å². The first-order chi connectivity index (χ1) is 15.2. The van der Waals surface area contributed by atoms with Gasteiger partial charge in [0, 0.05) is 42.7 Å². The van der Waals surface area contributed by atoms with Crippen molar-refractivity contribution in [3.8, 4) is 11.5 Å². The molecular weight excluding hydrogens is 408 g/mol. The van der Waals surface area contributed by atoms with E-state index in [1.165, 1.54) is 19.3 Å². The van der Waals surface area contributed by atoms with E-state index >= 15 is 0 Å². The van der Waals surface area contributed by atoms with E-state index in [0.717, 1.165) is 53.2 Å². The van der Waals surface area contributed by atoms with Gasteiger partial charge in [-0.15, -0.1) is 0 Å². The lowest BCUT2D eigenvalue weighted by atomic mass is 9.94. The molecular formula is C24H30N4O2S. The fourth-order valence-corrected chi connectivity index (χ4v) is 6.07. The largest absolute Gasteiger partial charge is 0.496 e. The summed E-state index contributed by atoms with van der Waals surface area (Å²) in [5.74, 6) is 1.80. The number of piperidine rings is 1. The summed E-state index contributed by atoms with van der Waals surface area (Å²) in [5, 5.41) is 1.63. The molecule has 0 N–H and O–H groups in total. The van der Waals surface area contributed by atoms with Gasteiger partial charge in [0.2, 0.25) is 0 Å². The summed E-state index contributed by atoms with van der Waals surface area (Å²) in [7, 11) is 3.53. The Bertz CT molecular complexity index is 962. The molecule has 31 heavy (non-hydrogen) atoms. The molecule has 6 nitrogen and oxygen atoms in total. The fraction of sp³-hybridized carbons (Fsp3) is 0.500. The maximum absolute atomic E-state index is 5.96. The van der Waals surface area contributed by atoms with Crippen molar-refractivity contribution in [3.63, 3.8) is 0 Å². The second kappa shape index (κ2) is 8.61. The highest BCUT2D eigenvalue weighted by atomic mass is 32.2. The summed E-state index contributed by atoms with van der Waals surface area (Å²) in [6, 6.07) is 10.4. The minimum Gasteiger partial charge on any atom is -0.496 e. The van der Waals surface area contributed by atoms with Crippen molar-refractivity contribution in [1.82, 2.24) is 9.88 Å². The minimum absolute atomic E-state index is 0.0432. The molecule has 3 aliphatic rings. The van der Waals surface area contributed by atoms with Crippen LogP contribution in [0.5, 0.6) is 11.5 Å². The number of methoxy groups -OCH3 is 2. The van der Waals surface area contributed by atoms with Crippen LogP contribution in [-0.4, -0.2) is 54.2 Å². The third kappa shape index (κ3) is 3.73. The number of ether oxygens (including phenoxy) is 2. The smallest absolute Gasteiger partial charge is 0.160 e. The zero-order chi connectivity index (χ0) is 21.4. The molecule has 0 aliphatic carbocycles. The lowest BCUT2D eigenvalue weighted by molar-refractivity contribution is 0.306. The van der Waals surface area contributed by atoms with Crippen molar-refractivity contribution >= 4 is 22.6 Å². The Morgan fingerprint density at radius 3 is 2.55 bits per heavy atom. The van der Waals surface area contributed by atoms with Crippen LogP contribution in [0.25, 0.3) is 0 Å². The first kappa shape index (κ1) is 20.5. The molecule has 1 aromatic heterocycles. The monoisotopic (exact) mass is 438 g/mol. The van der Waals surface area contributed by atoms with Crippen LogP contribution in [-0.2, 0) is 0 Å². The van der Waals surface area contributed by atoms with Crippen LogP contribution in [0.3, 0.4) is 0 Å². The Morgan fingerprint density at radius 1 is 1.03 bits per heavy atom. The number of aliphatic imine (C=N–C) groups is 1. The van der Waals surface area contributed by atoms with Gasteiger partial charge in [-0.25, -0.2) is 0 Å². The topological polar surface area (TPSA) is 50.2 Å². The molecule has 0 spiro atoms. The predicted molar refractivity (Wildman–Crippen MR) is 127 cm³/mol. The third-order valence-corrected chi connectivity index (χ3v) is 7.53. The summed E-state index contributed by atoms with van der Waals surface area (Å²) in [6.45, 7) is 5.35. The molecule has 0 saturated carbocycles. The molecule has 0 unspecified atom stereocenters. The zero-order valence-corrected chi connectivity index (χ0v) is 19.3. The van der Waals surface area contributed by atoms with Crippen molar-refractivity contribution in [2.45, 2.75) is 43.5 Å². The van der Waals surface area contributed by atoms with Gasteiger partial charge in [-0.2, -0.15) is 0 Å². The molecule has 7 heteroatoms. The molecule has 2 fully saturated rings. The molecule has 4 heterocycles. The number of pyridine rings is 1. The minimum atomic E-state index is -0.0596. The Labute approximate surface area is 188 Å². The van der Waals surface area contributed by atoms with Crippen LogP contribution in [0.15, 0.2) is 41.5 Å². The molecule has 3 aliphatic heterocycles. The summed E-state index contributed by atoms with van der Waals surface area (Å²) >= 11 is 1.85. The number of amidine groups is 1. The van der Waals surface area contributed by atoms with E-state index in [2.05, 4.69) is 39.9 Å². The lowest BCUT2D eigenvalue weighted by Crippen LogP contribution is -2.31. The number of rotatable bonds is 5. The lowest BCUT2D eigenvalue weighted by Gasteiger charge is -2.33. The number of benzene rings is 1. The maximum atomic E-state index is 5.96. The Hall–Kier alpha value is -2.41. The van der Waals surface area contributed by atoms with Gasteiger partial charge in [0.05, 0.1) is 31.6 Å². The molecule has 164 valence electrons. The van der Waals surface area contributed by atoms with Gasteiger partial charge < -0.3 is 19.3 Å². The molecule has 0 radical (unpaired) electrons. The van der Waals surface area contributed by atoms with Gasteiger partial charge in [-0.1, -0.05) is 24.8 Å². The summed E-state index contributed by atoms with van der Waals surface area (Å²) in [6.07, 6.45) is 5.59. The van der Waals surface area contributed by atoms with Crippen LogP contribution in [0.2, 0.25) is 0 Å². The van der Waals surface area contributed by atoms with Gasteiger partial charge in [-0.3, -0.25) is 9.98 Å². The summed E-state index contributed by atoms with van der Waals surface area (Å²) < 4.78 is 11.9. The number of hydrogen-bond acceptors (Lipinski definition) is 7. The number of hydrogen-bond donors (Lipinski definition) is 0. The van der Waals surface area contributed by atoms with E-state index in [4.69, 9.17) is 14.5 Å². The SMILES string of the molecule is COc1cc(N2CCCCC2)c(OC)cc1[C@H]1[C@H](c2ccccn2)N=C2S[C@@H](C)CN21. The van der Waals surface area contributed by atoms with Crippen molar-refractivity contribution in [1.29, 1.82) is 0 Å². The number of thioether (sulfide) groups is 1. The average Bonchev–Trinajstić information content (AvgIpc) is 3.35.